The van der Waals surface area contributed by atoms with Gasteiger partial charge in [-0.1, -0.05) is 47.0 Å². The number of amides is 1. The van der Waals surface area contributed by atoms with Crippen LogP contribution in [0.15, 0.2) is 6.07 Å². The average Bonchev–Trinajstić information content (AvgIpc) is 2.53. The Morgan fingerprint density at radius 3 is 2.48 bits per heavy atom. The van der Waals surface area contributed by atoms with Crippen LogP contribution in [0.25, 0.3) is 0 Å². The molecule has 1 heterocycles. The van der Waals surface area contributed by atoms with Crippen LogP contribution in [0.2, 0.25) is 0 Å². The van der Waals surface area contributed by atoms with Gasteiger partial charge in [0, 0.05) is 12.6 Å². The number of carbonyl (C=O) groups is 1. The van der Waals surface area contributed by atoms with Crippen molar-refractivity contribution < 1.29 is 4.79 Å². The first kappa shape index (κ1) is 17.7. The van der Waals surface area contributed by atoms with Gasteiger partial charge in [-0.3, -0.25) is 4.79 Å². The van der Waals surface area contributed by atoms with Crippen molar-refractivity contribution >= 4 is 11.7 Å². The van der Waals surface area contributed by atoms with E-state index in [1.54, 1.807) is 0 Å². The number of aromatic nitrogens is 2. The Morgan fingerprint density at radius 1 is 1.17 bits per heavy atom. The van der Waals surface area contributed by atoms with E-state index in [0.717, 1.165) is 30.8 Å². The molecule has 1 aromatic heterocycles. The second-order valence-corrected chi connectivity index (χ2v) is 7.27. The van der Waals surface area contributed by atoms with Crippen molar-refractivity contribution in [1.82, 2.24) is 15.5 Å². The van der Waals surface area contributed by atoms with Gasteiger partial charge in [0.2, 0.25) is 0 Å². The van der Waals surface area contributed by atoms with Crippen LogP contribution >= 0.6 is 0 Å². The van der Waals surface area contributed by atoms with Gasteiger partial charge < -0.3 is 10.6 Å². The smallest absolute Gasteiger partial charge is 0.272 e. The topological polar surface area (TPSA) is 66.9 Å². The molecule has 1 amide bonds. The zero-order valence-electron chi connectivity index (χ0n) is 14.9. The van der Waals surface area contributed by atoms with Gasteiger partial charge in [0.05, 0.1) is 0 Å². The molecule has 0 saturated heterocycles. The number of nitrogens with one attached hydrogen (secondary N) is 2. The normalized spacial score (nSPS) is 15.9. The highest BCUT2D eigenvalue weighted by molar-refractivity contribution is 5.94. The van der Waals surface area contributed by atoms with Crippen LogP contribution < -0.4 is 10.6 Å². The molecule has 1 aliphatic rings. The number of anilines is 1. The van der Waals surface area contributed by atoms with Crippen LogP contribution in [0.5, 0.6) is 0 Å². The minimum absolute atomic E-state index is 0.0801. The maximum absolute atomic E-state index is 12.6. The number of carbonyl (C=O) groups excluding carboxylic acids is 1. The molecule has 5 heteroatoms. The summed E-state index contributed by atoms with van der Waals surface area (Å²) in [5, 5.41) is 14.8. The minimum Gasteiger partial charge on any atom is -0.368 e. The Balaban J connectivity index is 2.11. The van der Waals surface area contributed by atoms with Gasteiger partial charge in [-0.05, 0) is 36.3 Å². The standard InChI is InChI=1S/C18H30N4O/c1-12(2)11-19-16-10-15(13(3)4)17(22-21-16)18(23)20-14-8-6-5-7-9-14/h10,12-14H,5-9,11H2,1-4H3,(H,19,21)(H,20,23). The van der Waals surface area contributed by atoms with E-state index in [9.17, 15) is 4.79 Å². The molecule has 0 unspecified atom stereocenters. The molecule has 1 saturated carbocycles. The lowest BCUT2D eigenvalue weighted by Gasteiger charge is -2.23. The van der Waals surface area contributed by atoms with Crippen molar-refractivity contribution in [3.05, 3.63) is 17.3 Å². The molecule has 0 spiro atoms. The molecule has 0 atom stereocenters. The summed E-state index contributed by atoms with van der Waals surface area (Å²) in [7, 11) is 0. The van der Waals surface area contributed by atoms with Gasteiger partial charge in [0.1, 0.15) is 5.82 Å². The molecule has 0 aliphatic heterocycles. The molecule has 1 aromatic rings. The number of hydrogen-bond donors (Lipinski definition) is 2. The summed E-state index contributed by atoms with van der Waals surface area (Å²) in [4.78, 5) is 12.6. The number of rotatable bonds is 6. The second kappa shape index (κ2) is 8.27. The molecule has 1 aliphatic carbocycles. The Bertz CT molecular complexity index is 522. The molecule has 0 radical (unpaired) electrons. The summed E-state index contributed by atoms with van der Waals surface area (Å²) in [6, 6.07) is 2.26. The number of hydrogen-bond acceptors (Lipinski definition) is 4. The third-order valence-corrected chi connectivity index (χ3v) is 4.29. The quantitative estimate of drug-likeness (QED) is 0.838. The summed E-state index contributed by atoms with van der Waals surface area (Å²) in [6.07, 6.45) is 5.82. The summed E-state index contributed by atoms with van der Waals surface area (Å²) in [5.41, 5.74) is 1.43. The molecule has 128 valence electrons. The maximum atomic E-state index is 12.6. The van der Waals surface area contributed by atoms with E-state index in [2.05, 4.69) is 48.5 Å². The lowest BCUT2D eigenvalue weighted by atomic mass is 9.95. The van der Waals surface area contributed by atoms with E-state index in [0.29, 0.717) is 11.6 Å². The van der Waals surface area contributed by atoms with E-state index in [1.807, 2.05) is 6.07 Å². The molecule has 0 bridgehead atoms. The van der Waals surface area contributed by atoms with E-state index in [4.69, 9.17) is 0 Å². The zero-order chi connectivity index (χ0) is 16.8. The van der Waals surface area contributed by atoms with Crippen molar-refractivity contribution in [2.45, 2.75) is 71.8 Å². The molecule has 23 heavy (non-hydrogen) atoms. The predicted octanol–water partition coefficient (Wildman–Crippen LogP) is 3.73. The highest BCUT2D eigenvalue weighted by Gasteiger charge is 2.21. The van der Waals surface area contributed by atoms with Crippen molar-refractivity contribution in [2.75, 3.05) is 11.9 Å². The summed E-state index contributed by atoms with van der Waals surface area (Å²) in [5.74, 6) is 1.44. The molecule has 2 rings (SSSR count). The van der Waals surface area contributed by atoms with Crippen molar-refractivity contribution in [1.29, 1.82) is 0 Å². The first-order chi connectivity index (χ1) is 11.0. The van der Waals surface area contributed by atoms with Crippen LogP contribution in [-0.4, -0.2) is 28.7 Å². The minimum atomic E-state index is -0.0801. The molecule has 5 nitrogen and oxygen atoms in total. The Labute approximate surface area is 139 Å². The molecule has 2 N–H and O–H groups in total. The van der Waals surface area contributed by atoms with Gasteiger partial charge >= 0.3 is 0 Å². The second-order valence-electron chi connectivity index (χ2n) is 7.27. The predicted molar refractivity (Wildman–Crippen MR) is 93.8 cm³/mol. The van der Waals surface area contributed by atoms with Gasteiger partial charge in [-0.25, -0.2) is 0 Å². The molecular formula is C18H30N4O. The SMILES string of the molecule is CC(C)CNc1cc(C(C)C)c(C(=O)NC2CCCCC2)nn1. The Kier molecular flexibility index (Phi) is 6.37. The highest BCUT2D eigenvalue weighted by Crippen LogP contribution is 2.22. The van der Waals surface area contributed by atoms with Crippen LogP contribution in [-0.2, 0) is 0 Å². The van der Waals surface area contributed by atoms with Crippen molar-refractivity contribution in [3.63, 3.8) is 0 Å². The first-order valence-electron chi connectivity index (χ1n) is 8.89. The lowest BCUT2D eigenvalue weighted by Crippen LogP contribution is -2.37. The van der Waals surface area contributed by atoms with Gasteiger partial charge in [-0.15, -0.1) is 10.2 Å². The largest absolute Gasteiger partial charge is 0.368 e. The monoisotopic (exact) mass is 318 g/mol. The number of nitrogens with zero attached hydrogens (tertiary/aromatic N) is 2. The zero-order valence-corrected chi connectivity index (χ0v) is 14.9. The van der Waals surface area contributed by atoms with E-state index in [-0.39, 0.29) is 17.9 Å². The Morgan fingerprint density at radius 2 is 1.87 bits per heavy atom. The summed E-state index contributed by atoms with van der Waals surface area (Å²) < 4.78 is 0. The van der Waals surface area contributed by atoms with Crippen molar-refractivity contribution in [2.24, 2.45) is 5.92 Å². The summed E-state index contributed by atoms with van der Waals surface area (Å²) >= 11 is 0. The van der Waals surface area contributed by atoms with Gasteiger partial charge in [0.15, 0.2) is 5.69 Å². The average molecular weight is 318 g/mol. The van der Waals surface area contributed by atoms with Crippen molar-refractivity contribution in [3.8, 4) is 0 Å². The summed E-state index contributed by atoms with van der Waals surface area (Å²) in [6.45, 7) is 9.31. The third-order valence-electron chi connectivity index (χ3n) is 4.29. The fraction of sp³-hybridized carbons (Fsp3) is 0.722. The van der Waals surface area contributed by atoms with E-state index < -0.39 is 0 Å². The molecule has 0 aromatic carbocycles. The third kappa shape index (κ3) is 5.19. The van der Waals surface area contributed by atoms with Crippen LogP contribution in [0.1, 0.15) is 81.8 Å². The molecular weight excluding hydrogens is 288 g/mol. The van der Waals surface area contributed by atoms with Gasteiger partial charge in [-0.2, -0.15) is 0 Å². The van der Waals surface area contributed by atoms with E-state index >= 15 is 0 Å². The highest BCUT2D eigenvalue weighted by atomic mass is 16.2. The fourth-order valence-corrected chi connectivity index (χ4v) is 2.92. The van der Waals surface area contributed by atoms with Gasteiger partial charge in [0.25, 0.3) is 5.91 Å². The lowest BCUT2D eigenvalue weighted by molar-refractivity contribution is 0.0920. The Hall–Kier alpha value is -1.65. The first-order valence-corrected chi connectivity index (χ1v) is 8.89. The van der Waals surface area contributed by atoms with Crippen LogP contribution in [0, 0.1) is 5.92 Å². The molecule has 1 fully saturated rings. The van der Waals surface area contributed by atoms with E-state index in [1.165, 1.54) is 19.3 Å². The fourth-order valence-electron chi connectivity index (χ4n) is 2.92. The maximum Gasteiger partial charge on any atom is 0.272 e. The van der Waals surface area contributed by atoms with Crippen LogP contribution in [0.4, 0.5) is 5.82 Å². The van der Waals surface area contributed by atoms with Crippen LogP contribution in [0.3, 0.4) is 0 Å².